The summed E-state index contributed by atoms with van der Waals surface area (Å²) in [5, 5.41) is 4.32. The van der Waals surface area contributed by atoms with E-state index >= 15 is 0 Å². The highest BCUT2D eigenvalue weighted by Crippen LogP contribution is 2.46. The van der Waals surface area contributed by atoms with Gasteiger partial charge in [-0.2, -0.15) is 0 Å². The Kier molecular flexibility index (Phi) is 4.44. The number of anilines is 1. The summed E-state index contributed by atoms with van der Waals surface area (Å²) in [6, 6.07) is 2.20. The van der Waals surface area contributed by atoms with Crippen molar-refractivity contribution in [3.63, 3.8) is 0 Å². The van der Waals surface area contributed by atoms with E-state index in [9.17, 15) is 0 Å². The van der Waals surface area contributed by atoms with Crippen molar-refractivity contribution in [2.24, 2.45) is 0 Å². The minimum Gasteiger partial charge on any atom is -0.496 e. The summed E-state index contributed by atoms with van der Waals surface area (Å²) in [6.07, 6.45) is 0. The van der Waals surface area contributed by atoms with E-state index < -0.39 is 0 Å². The van der Waals surface area contributed by atoms with Crippen LogP contribution in [0.1, 0.15) is 59.6 Å². The van der Waals surface area contributed by atoms with Gasteiger partial charge in [-0.3, -0.25) is 0 Å². The first-order chi connectivity index (χ1) is 10.1. The maximum atomic E-state index is 5.87. The standard InChI is InChI=1S/C18H28N2OS/c1-9-19-16-20-12-10-11(17(2,3)4)14(21-8)13(15(12)22-16)18(5,6)7/h10H,9H2,1-8H3,(H,19,20). The van der Waals surface area contributed by atoms with Gasteiger partial charge in [0, 0.05) is 17.7 Å². The number of ether oxygens (including phenoxy) is 1. The molecule has 0 saturated heterocycles. The third-order valence-corrected chi connectivity index (χ3v) is 4.77. The van der Waals surface area contributed by atoms with Crippen LogP contribution in [0, 0.1) is 0 Å². The van der Waals surface area contributed by atoms with Gasteiger partial charge < -0.3 is 10.1 Å². The van der Waals surface area contributed by atoms with Crippen LogP contribution in [0.5, 0.6) is 5.75 Å². The number of thiazole rings is 1. The molecule has 1 aromatic heterocycles. The minimum atomic E-state index is 0.000864. The smallest absolute Gasteiger partial charge is 0.183 e. The fourth-order valence-electron chi connectivity index (χ4n) is 2.73. The van der Waals surface area contributed by atoms with Crippen molar-refractivity contribution in [2.75, 3.05) is 19.0 Å². The van der Waals surface area contributed by atoms with Crippen LogP contribution in [-0.4, -0.2) is 18.6 Å². The SMILES string of the molecule is CCNc1nc2cc(C(C)(C)C)c(OC)c(C(C)(C)C)c2s1. The zero-order chi connectivity index (χ0) is 16.7. The van der Waals surface area contributed by atoms with Gasteiger partial charge in [-0.05, 0) is 23.8 Å². The number of nitrogens with zero attached hydrogens (tertiary/aromatic N) is 1. The zero-order valence-electron chi connectivity index (χ0n) is 15.0. The van der Waals surface area contributed by atoms with Gasteiger partial charge in [-0.1, -0.05) is 52.9 Å². The van der Waals surface area contributed by atoms with Crippen LogP contribution >= 0.6 is 11.3 Å². The Bertz CT molecular complexity index is 675. The molecule has 22 heavy (non-hydrogen) atoms. The van der Waals surface area contributed by atoms with Crippen LogP contribution in [0.3, 0.4) is 0 Å². The molecule has 0 radical (unpaired) electrons. The predicted octanol–water partition coefficient (Wildman–Crippen LogP) is 5.33. The molecule has 0 bridgehead atoms. The molecule has 0 spiro atoms. The van der Waals surface area contributed by atoms with Crippen LogP contribution in [0.15, 0.2) is 6.07 Å². The molecule has 4 heteroatoms. The van der Waals surface area contributed by atoms with Crippen molar-refractivity contribution < 1.29 is 4.74 Å². The summed E-state index contributed by atoms with van der Waals surface area (Å²) in [6.45, 7) is 16.4. The van der Waals surface area contributed by atoms with Crippen LogP contribution in [0.25, 0.3) is 10.2 Å². The molecule has 1 N–H and O–H groups in total. The lowest BCUT2D eigenvalue weighted by Gasteiger charge is -2.29. The Hall–Kier alpha value is -1.29. The lowest BCUT2D eigenvalue weighted by atomic mass is 9.79. The Morgan fingerprint density at radius 3 is 2.23 bits per heavy atom. The second-order valence-corrected chi connectivity index (χ2v) is 8.73. The lowest BCUT2D eigenvalue weighted by molar-refractivity contribution is 0.383. The van der Waals surface area contributed by atoms with Crippen molar-refractivity contribution in [2.45, 2.75) is 59.3 Å². The Balaban J connectivity index is 2.88. The average Bonchev–Trinajstić information content (AvgIpc) is 2.76. The summed E-state index contributed by atoms with van der Waals surface area (Å²) in [7, 11) is 1.78. The quantitative estimate of drug-likeness (QED) is 0.829. The summed E-state index contributed by atoms with van der Waals surface area (Å²) in [5.74, 6) is 1.01. The first-order valence-electron chi connectivity index (χ1n) is 7.86. The summed E-state index contributed by atoms with van der Waals surface area (Å²) >= 11 is 1.72. The van der Waals surface area contributed by atoms with Crippen molar-refractivity contribution in [3.8, 4) is 5.75 Å². The summed E-state index contributed by atoms with van der Waals surface area (Å²) in [4.78, 5) is 4.78. The molecular weight excluding hydrogens is 292 g/mol. The third kappa shape index (κ3) is 3.07. The van der Waals surface area contributed by atoms with E-state index in [0.717, 1.165) is 22.9 Å². The molecule has 1 heterocycles. The maximum Gasteiger partial charge on any atom is 0.183 e. The predicted molar refractivity (Wildman–Crippen MR) is 97.7 cm³/mol. The lowest BCUT2D eigenvalue weighted by Crippen LogP contribution is -2.19. The zero-order valence-corrected chi connectivity index (χ0v) is 15.9. The number of methoxy groups -OCH3 is 1. The van der Waals surface area contributed by atoms with Crippen molar-refractivity contribution in [1.82, 2.24) is 4.98 Å². The maximum absolute atomic E-state index is 5.87. The Morgan fingerprint density at radius 2 is 1.77 bits per heavy atom. The number of hydrogen-bond acceptors (Lipinski definition) is 4. The van der Waals surface area contributed by atoms with Gasteiger partial charge in [0.2, 0.25) is 0 Å². The highest BCUT2D eigenvalue weighted by atomic mass is 32.1. The summed E-state index contributed by atoms with van der Waals surface area (Å²) in [5.41, 5.74) is 3.57. The molecule has 2 aromatic rings. The van der Waals surface area contributed by atoms with Gasteiger partial charge in [0.15, 0.2) is 5.13 Å². The highest BCUT2D eigenvalue weighted by molar-refractivity contribution is 7.22. The van der Waals surface area contributed by atoms with E-state index in [2.05, 4.69) is 59.8 Å². The molecule has 3 nitrogen and oxygen atoms in total. The van der Waals surface area contributed by atoms with Gasteiger partial charge in [0.25, 0.3) is 0 Å². The Labute approximate surface area is 138 Å². The van der Waals surface area contributed by atoms with Gasteiger partial charge >= 0.3 is 0 Å². The molecular formula is C18H28N2OS. The van der Waals surface area contributed by atoms with E-state index in [1.807, 2.05) is 0 Å². The number of nitrogens with one attached hydrogen (secondary N) is 1. The molecule has 0 fully saturated rings. The van der Waals surface area contributed by atoms with E-state index in [0.29, 0.717) is 0 Å². The number of fused-ring (bicyclic) bond motifs is 1. The minimum absolute atomic E-state index is 0.000864. The number of rotatable bonds is 3. The molecule has 0 atom stereocenters. The fraction of sp³-hybridized carbons (Fsp3) is 0.611. The van der Waals surface area contributed by atoms with Crippen LogP contribution in [0.4, 0.5) is 5.13 Å². The van der Waals surface area contributed by atoms with Crippen molar-refractivity contribution in [1.29, 1.82) is 0 Å². The van der Waals surface area contributed by atoms with Gasteiger partial charge in [-0.25, -0.2) is 4.98 Å². The second-order valence-electron chi connectivity index (χ2n) is 7.73. The van der Waals surface area contributed by atoms with E-state index in [1.54, 1.807) is 18.4 Å². The van der Waals surface area contributed by atoms with E-state index in [1.165, 1.54) is 15.8 Å². The first kappa shape index (κ1) is 17.1. The number of hydrogen-bond donors (Lipinski definition) is 1. The molecule has 0 amide bonds. The van der Waals surface area contributed by atoms with Crippen LogP contribution < -0.4 is 10.1 Å². The van der Waals surface area contributed by atoms with E-state index in [4.69, 9.17) is 9.72 Å². The van der Waals surface area contributed by atoms with Crippen LogP contribution in [-0.2, 0) is 10.8 Å². The van der Waals surface area contributed by atoms with Gasteiger partial charge in [0.1, 0.15) is 5.75 Å². The normalized spacial score (nSPS) is 12.7. The molecule has 0 unspecified atom stereocenters. The molecule has 0 saturated carbocycles. The largest absolute Gasteiger partial charge is 0.496 e. The first-order valence-corrected chi connectivity index (χ1v) is 8.67. The third-order valence-electron chi connectivity index (χ3n) is 3.72. The molecule has 2 rings (SSSR count). The van der Waals surface area contributed by atoms with Crippen LogP contribution in [0.2, 0.25) is 0 Å². The monoisotopic (exact) mass is 320 g/mol. The summed E-state index contributed by atoms with van der Waals surface area (Å²) < 4.78 is 7.10. The Morgan fingerprint density at radius 1 is 1.14 bits per heavy atom. The number of aromatic nitrogens is 1. The van der Waals surface area contributed by atoms with Crippen molar-refractivity contribution >= 4 is 26.7 Å². The van der Waals surface area contributed by atoms with Gasteiger partial charge in [-0.15, -0.1) is 0 Å². The molecule has 1 aromatic carbocycles. The molecule has 0 aliphatic carbocycles. The molecule has 122 valence electrons. The van der Waals surface area contributed by atoms with E-state index in [-0.39, 0.29) is 10.8 Å². The molecule has 0 aliphatic heterocycles. The average molecular weight is 321 g/mol. The fourth-order valence-corrected chi connectivity index (χ4v) is 3.99. The molecule has 0 aliphatic rings. The van der Waals surface area contributed by atoms with Gasteiger partial charge in [0.05, 0.1) is 17.3 Å². The van der Waals surface area contributed by atoms with Crippen molar-refractivity contribution in [3.05, 3.63) is 17.2 Å². The highest BCUT2D eigenvalue weighted by Gasteiger charge is 2.30. The number of benzene rings is 1. The second kappa shape index (κ2) is 5.73. The topological polar surface area (TPSA) is 34.2 Å².